The van der Waals surface area contributed by atoms with Gasteiger partial charge in [-0.15, -0.1) is 0 Å². The zero-order valence-electron chi connectivity index (χ0n) is 9.25. The number of carbonyl (C=O) groups excluding carboxylic acids is 1. The molecule has 0 N–H and O–H groups in total. The first-order valence-corrected chi connectivity index (χ1v) is 5.50. The van der Waals surface area contributed by atoms with Crippen LogP contribution in [0.3, 0.4) is 0 Å². The Morgan fingerprint density at radius 2 is 1.59 bits per heavy atom. The Morgan fingerprint density at radius 3 is 2.24 bits per heavy atom. The van der Waals surface area contributed by atoms with E-state index in [0.29, 0.717) is 5.56 Å². The highest BCUT2D eigenvalue weighted by atomic mass is 19.1. The smallest absolute Gasteiger partial charge is 0.146 e. The third-order valence-corrected chi connectivity index (χ3v) is 2.81. The number of halogens is 2. The van der Waals surface area contributed by atoms with Gasteiger partial charge in [-0.05, 0) is 48.1 Å². The first-order valence-electron chi connectivity index (χ1n) is 5.50. The minimum absolute atomic E-state index is 0.465. The lowest BCUT2D eigenvalue weighted by Gasteiger charge is -1.97. The van der Waals surface area contributed by atoms with Gasteiger partial charge in [-0.3, -0.25) is 4.79 Å². The highest BCUT2D eigenvalue weighted by molar-refractivity contribution is 5.77. The molecule has 0 atom stereocenters. The van der Waals surface area contributed by atoms with Crippen LogP contribution in [0.2, 0.25) is 0 Å². The molecule has 3 heteroatoms. The molecule has 0 fully saturated rings. The molecule has 0 saturated heterocycles. The zero-order chi connectivity index (χ0) is 12.3. The fourth-order valence-electron chi connectivity index (χ4n) is 1.98. The van der Waals surface area contributed by atoms with Gasteiger partial charge in [-0.25, -0.2) is 8.78 Å². The van der Waals surface area contributed by atoms with E-state index in [2.05, 4.69) is 0 Å². The lowest BCUT2D eigenvalue weighted by molar-refractivity contribution is -0.105. The monoisotopic (exact) mass is 234 g/mol. The van der Waals surface area contributed by atoms with Crippen LogP contribution in [0.25, 0.3) is 6.08 Å². The van der Waals surface area contributed by atoms with Gasteiger partial charge in [-0.1, -0.05) is 12.2 Å². The first-order chi connectivity index (χ1) is 8.19. The van der Waals surface area contributed by atoms with Crippen LogP contribution in [0.5, 0.6) is 0 Å². The van der Waals surface area contributed by atoms with E-state index in [1.54, 1.807) is 12.2 Å². The Bertz CT molecular complexity index is 481. The van der Waals surface area contributed by atoms with Crippen LogP contribution >= 0.6 is 0 Å². The maximum absolute atomic E-state index is 12.9. The molecule has 1 aliphatic rings. The minimum Gasteiger partial charge on any atom is -0.298 e. The molecule has 0 aliphatic heterocycles. The highest BCUT2D eigenvalue weighted by Crippen LogP contribution is 2.26. The Labute approximate surface area is 98.5 Å². The molecule has 17 heavy (non-hydrogen) atoms. The molecule has 0 amide bonds. The van der Waals surface area contributed by atoms with E-state index in [4.69, 9.17) is 0 Å². The predicted molar refractivity (Wildman–Crippen MR) is 62.3 cm³/mol. The molecule has 0 bridgehead atoms. The second-order valence-electron chi connectivity index (χ2n) is 4.06. The van der Waals surface area contributed by atoms with Crippen LogP contribution in [0.1, 0.15) is 24.8 Å². The van der Waals surface area contributed by atoms with Crippen molar-refractivity contribution in [1.29, 1.82) is 0 Å². The molecular weight excluding hydrogens is 222 g/mol. The van der Waals surface area contributed by atoms with E-state index in [1.165, 1.54) is 12.1 Å². The van der Waals surface area contributed by atoms with Gasteiger partial charge >= 0.3 is 0 Å². The quantitative estimate of drug-likeness (QED) is 0.729. The summed E-state index contributed by atoms with van der Waals surface area (Å²) in [4.78, 5) is 10.7. The van der Waals surface area contributed by atoms with Crippen LogP contribution in [0.15, 0.2) is 35.4 Å². The van der Waals surface area contributed by atoms with Crippen LogP contribution in [-0.2, 0) is 4.79 Å². The second-order valence-corrected chi connectivity index (χ2v) is 4.06. The molecule has 1 nitrogen and oxygen atoms in total. The Balaban J connectivity index is 2.23. The third-order valence-electron chi connectivity index (χ3n) is 2.81. The van der Waals surface area contributed by atoms with Gasteiger partial charge in [0, 0.05) is 6.07 Å². The van der Waals surface area contributed by atoms with Crippen molar-refractivity contribution in [2.45, 2.75) is 19.3 Å². The number of hydrogen-bond acceptors (Lipinski definition) is 1. The fraction of sp³-hybridized carbons (Fsp3) is 0.214. The highest BCUT2D eigenvalue weighted by Gasteiger charge is 2.10. The summed E-state index contributed by atoms with van der Waals surface area (Å²) in [5.74, 6) is -1.19. The molecule has 1 aromatic carbocycles. The van der Waals surface area contributed by atoms with Crippen molar-refractivity contribution in [3.63, 3.8) is 0 Å². The van der Waals surface area contributed by atoms with Crippen molar-refractivity contribution in [2.75, 3.05) is 0 Å². The molecule has 1 aliphatic carbocycles. The number of rotatable bonds is 3. The maximum Gasteiger partial charge on any atom is 0.146 e. The Morgan fingerprint density at radius 1 is 0.941 bits per heavy atom. The SMILES string of the molecule is O=CC1=C(C=Cc2cc(F)cc(F)c2)CCC1. The Hall–Kier alpha value is -1.77. The fourth-order valence-corrected chi connectivity index (χ4v) is 1.98. The van der Waals surface area contributed by atoms with E-state index in [-0.39, 0.29) is 0 Å². The number of hydrogen-bond donors (Lipinski definition) is 0. The average molecular weight is 234 g/mol. The standard InChI is InChI=1S/C14H12F2O/c15-13-6-10(7-14(16)8-13)4-5-11-2-1-3-12(11)9-17/h4-9H,1-3H2. The molecular formula is C14H12F2O. The summed E-state index contributed by atoms with van der Waals surface area (Å²) in [6.45, 7) is 0. The number of aldehydes is 1. The lowest BCUT2D eigenvalue weighted by Crippen LogP contribution is -1.83. The lowest BCUT2D eigenvalue weighted by atomic mass is 10.1. The molecule has 88 valence electrons. The van der Waals surface area contributed by atoms with E-state index in [1.807, 2.05) is 0 Å². The second kappa shape index (κ2) is 5.04. The molecule has 2 rings (SSSR count). The average Bonchev–Trinajstić information content (AvgIpc) is 2.72. The van der Waals surface area contributed by atoms with Crippen LogP contribution in [0, 0.1) is 11.6 Å². The summed E-state index contributed by atoms with van der Waals surface area (Å²) in [7, 11) is 0. The van der Waals surface area contributed by atoms with Crippen molar-refractivity contribution in [2.24, 2.45) is 0 Å². The summed E-state index contributed by atoms with van der Waals surface area (Å²) in [6, 6.07) is 3.36. The van der Waals surface area contributed by atoms with Gasteiger partial charge in [-0.2, -0.15) is 0 Å². The van der Waals surface area contributed by atoms with Gasteiger partial charge in [0.25, 0.3) is 0 Å². The van der Waals surface area contributed by atoms with E-state index >= 15 is 0 Å². The molecule has 1 aromatic rings. The minimum atomic E-state index is -0.597. The van der Waals surface area contributed by atoms with Gasteiger partial charge in [0.05, 0.1) is 0 Å². The molecule has 0 aromatic heterocycles. The molecule has 0 radical (unpaired) electrons. The van der Waals surface area contributed by atoms with Crippen molar-refractivity contribution >= 4 is 12.4 Å². The van der Waals surface area contributed by atoms with Gasteiger partial charge in [0.2, 0.25) is 0 Å². The summed E-state index contributed by atoms with van der Waals surface area (Å²) in [6.07, 6.45) is 6.87. The van der Waals surface area contributed by atoms with Crippen molar-refractivity contribution in [1.82, 2.24) is 0 Å². The molecule has 0 saturated carbocycles. The van der Waals surface area contributed by atoms with Crippen LogP contribution in [-0.4, -0.2) is 6.29 Å². The third kappa shape index (κ3) is 2.87. The first kappa shape index (κ1) is 11.7. The largest absolute Gasteiger partial charge is 0.298 e. The number of carbonyl (C=O) groups is 1. The Kier molecular flexibility index (Phi) is 3.47. The van der Waals surface area contributed by atoms with Gasteiger partial charge in [0.15, 0.2) is 0 Å². The number of allylic oxidation sites excluding steroid dienone is 3. The zero-order valence-corrected chi connectivity index (χ0v) is 9.25. The summed E-state index contributed by atoms with van der Waals surface area (Å²) < 4.78 is 25.9. The van der Waals surface area contributed by atoms with E-state index < -0.39 is 11.6 Å². The summed E-state index contributed by atoms with van der Waals surface area (Å²) in [5, 5.41) is 0. The van der Waals surface area contributed by atoms with Crippen molar-refractivity contribution in [3.8, 4) is 0 Å². The maximum atomic E-state index is 12.9. The van der Waals surface area contributed by atoms with Crippen molar-refractivity contribution < 1.29 is 13.6 Å². The predicted octanol–water partition coefficient (Wildman–Crippen LogP) is 3.66. The van der Waals surface area contributed by atoms with Crippen LogP contribution < -0.4 is 0 Å². The normalized spacial score (nSPS) is 15.9. The topological polar surface area (TPSA) is 17.1 Å². The molecule has 0 spiro atoms. The molecule has 0 heterocycles. The summed E-state index contributed by atoms with van der Waals surface area (Å²) in [5.41, 5.74) is 2.22. The van der Waals surface area contributed by atoms with E-state index in [9.17, 15) is 13.6 Å². The van der Waals surface area contributed by atoms with Gasteiger partial charge < -0.3 is 0 Å². The van der Waals surface area contributed by atoms with E-state index in [0.717, 1.165) is 42.8 Å². The van der Waals surface area contributed by atoms with Crippen LogP contribution in [0.4, 0.5) is 8.78 Å². The van der Waals surface area contributed by atoms with Gasteiger partial charge in [0.1, 0.15) is 17.9 Å². The number of benzene rings is 1. The van der Waals surface area contributed by atoms with Crippen molar-refractivity contribution in [3.05, 3.63) is 52.6 Å². The molecule has 0 unspecified atom stereocenters. The summed E-state index contributed by atoms with van der Waals surface area (Å²) >= 11 is 0.